The summed E-state index contributed by atoms with van der Waals surface area (Å²) in [7, 11) is -3.50. The van der Waals surface area contributed by atoms with Gasteiger partial charge in [-0.2, -0.15) is 5.10 Å². The number of hydrogen-bond donors (Lipinski definition) is 2. The first kappa shape index (κ1) is 11.8. The molecule has 1 aromatic heterocycles. The summed E-state index contributed by atoms with van der Waals surface area (Å²) in [4.78, 5) is 0. The van der Waals surface area contributed by atoms with Crippen molar-refractivity contribution in [2.45, 2.75) is 18.5 Å². The van der Waals surface area contributed by atoms with Gasteiger partial charge in [0, 0.05) is 6.54 Å². The van der Waals surface area contributed by atoms with E-state index < -0.39 is 10.0 Å². The van der Waals surface area contributed by atoms with E-state index in [1.165, 1.54) is 12.3 Å². The van der Waals surface area contributed by atoms with Crippen molar-refractivity contribution >= 4 is 10.0 Å². The Bertz CT molecular complexity index is 591. The van der Waals surface area contributed by atoms with Crippen molar-refractivity contribution in [2.75, 3.05) is 0 Å². The number of rotatable bonds is 4. The van der Waals surface area contributed by atoms with Gasteiger partial charge in [-0.05, 0) is 24.1 Å². The Balaban J connectivity index is 2.12. The van der Waals surface area contributed by atoms with Crippen LogP contribution in [0, 0.1) is 6.92 Å². The summed E-state index contributed by atoms with van der Waals surface area (Å²) < 4.78 is 26.1. The van der Waals surface area contributed by atoms with E-state index in [2.05, 4.69) is 14.9 Å². The predicted octanol–water partition coefficient (Wildman–Crippen LogP) is 1.20. The Morgan fingerprint density at radius 3 is 2.71 bits per heavy atom. The first-order valence-electron chi connectivity index (χ1n) is 5.13. The monoisotopic (exact) mass is 251 g/mol. The van der Waals surface area contributed by atoms with Crippen molar-refractivity contribution in [2.24, 2.45) is 0 Å². The zero-order chi connectivity index (χ0) is 12.3. The van der Waals surface area contributed by atoms with Crippen molar-refractivity contribution in [1.82, 2.24) is 14.9 Å². The van der Waals surface area contributed by atoms with Gasteiger partial charge in [-0.25, -0.2) is 13.1 Å². The minimum Gasteiger partial charge on any atom is -0.266 e. The maximum Gasteiger partial charge on any atom is 0.257 e. The molecule has 0 amide bonds. The van der Waals surface area contributed by atoms with E-state index in [1.807, 2.05) is 31.2 Å². The number of aromatic amines is 1. The van der Waals surface area contributed by atoms with E-state index >= 15 is 0 Å². The number of nitrogens with one attached hydrogen (secondary N) is 2. The summed E-state index contributed by atoms with van der Waals surface area (Å²) in [5.41, 5.74) is 2.01. The summed E-state index contributed by atoms with van der Waals surface area (Å²) in [6.07, 6.45) is 1.41. The van der Waals surface area contributed by atoms with Crippen LogP contribution in [0.25, 0.3) is 0 Å². The second-order valence-electron chi connectivity index (χ2n) is 3.67. The lowest BCUT2D eigenvalue weighted by Crippen LogP contribution is -2.23. The zero-order valence-corrected chi connectivity index (χ0v) is 10.2. The third kappa shape index (κ3) is 2.72. The molecular formula is C11H13N3O2S. The Kier molecular flexibility index (Phi) is 3.26. The van der Waals surface area contributed by atoms with Crippen molar-refractivity contribution in [3.05, 3.63) is 47.7 Å². The largest absolute Gasteiger partial charge is 0.266 e. The molecule has 0 fully saturated rings. The van der Waals surface area contributed by atoms with Crippen LogP contribution in [-0.2, 0) is 16.6 Å². The summed E-state index contributed by atoms with van der Waals surface area (Å²) in [6, 6.07) is 9.06. The Morgan fingerprint density at radius 1 is 1.29 bits per heavy atom. The molecule has 2 N–H and O–H groups in total. The fourth-order valence-corrected chi connectivity index (χ4v) is 2.37. The Labute approximate surface area is 99.9 Å². The second kappa shape index (κ2) is 4.68. The van der Waals surface area contributed by atoms with Crippen molar-refractivity contribution in [3.63, 3.8) is 0 Å². The Morgan fingerprint density at radius 2 is 2.06 bits per heavy atom. The third-order valence-electron chi connectivity index (χ3n) is 2.48. The molecule has 0 bridgehead atoms. The minimum absolute atomic E-state index is 0.0751. The summed E-state index contributed by atoms with van der Waals surface area (Å²) in [5.74, 6) is 0. The normalized spacial score (nSPS) is 11.6. The highest BCUT2D eigenvalue weighted by atomic mass is 32.2. The summed E-state index contributed by atoms with van der Waals surface area (Å²) >= 11 is 0. The number of hydrogen-bond acceptors (Lipinski definition) is 3. The molecule has 0 radical (unpaired) electrons. The topological polar surface area (TPSA) is 74.8 Å². The first-order valence-corrected chi connectivity index (χ1v) is 6.61. The average molecular weight is 251 g/mol. The van der Waals surface area contributed by atoms with Crippen LogP contribution in [0.2, 0.25) is 0 Å². The van der Waals surface area contributed by atoms with Gasteiger partial charge >= 0.3 is 0 Å². The minimum atomic E-state index is -3.50. The van der Waals surface area contributed by atoms with Gasteiger partial charge in [0.05, 0.1) is 6.20 Å². The Hall–Kier alpha value is -1.66. The van der Waals surface area contributed by atoms with Crippen LogP contribution in [0.5, 0.6) is 0 Å². The van der Waals surface area contributed by atoms with E-state index in [9.17, 15) is 8.42 Å². The first-order chi connectivity index (χ1) is 8.09. The summed E-state index contributed by atoms with van der Waals surface area (Å²) in [6.45, 7) is 2.22. The van der Waals surface area contributed by atoms with Crippen LogP contribution in [0.15, 0.2) is 41.6 Å². The highest BCUT2D eigenvalue weighted by Gasteiger charge is 2.14. The van der Waals surface area contributed by atoms with Gasteiger partial charge in [-0.1, -0.05) is 24.3 Å². The molecule has 1 heterocycles. The van der Waals surface area contributed by atoms with Gasteiger partial charge in [0.1, 0.15) is 0 Å². The highest BCUT2D eigenvalue weighted by Crippen LogP contribution is 2.09. The number of aryl methyl sites for hydroxylation is 1. The molecule has 0 aliphatic rings. The molecular weight excluding hydrogens is 238 g/mol. The second-order valence-corrected chi connectivity index (χ2v) is 5.41. The number of nitrogens with zero attached hydrogens (tertiary/aromatic N) is 1. The van der Waals surface area contributed by atoms with Crippen LogP contribution in [0.1, 0.15) is 11.1 Å². The number of H-pyrrole nitrogens is 1. The predicted molar refractivity (Wildman–Crippen MR) is 63.8 cm³/mol. The molecule has 6 heteroatoms. The van der Waals surface area contributed by atoms with Crippen LogP contribution >= 0.6 is 0 Å². The highest BCUT2D eigenvalue weighted by molar-refractivity contribution is 7.89. The lowest BCUT2D eigenvalue weighted by atomic mass is 10.1. The quantitative estimate of drug-likeness (QED) is 0.857. The van der Waals surface area contributed by atoms with E-state index in [1.54, 1.807) is 0 Å². The van der Waals surface area contributed by atoms with Gasteiger partial charge in [0.25, 0.3) is 10.0 Å². The van der Waals surface area contributed by atoms with E-state index in [0.717, 1.165) is 11.1 Å². The molecule has 1 aromatic carbocycles. The molecule has 0 aliphatic carbocycles. The van der Waals surface area contributed by atoms with Crippen molar-refractivity contribution in [1.29, 1.82) is 0 Å². The lowest BCUT2D eigenvalue weighted by molar-refractivity contribution is 0.577. The van der Waals surface area contributed by atoms with Gasteiger partial charge < -0.3 is 0 Å². The average Bonchev–Trinajstić information content (AvgIpc) is 2.82. The molecule has 0 spiro atoms. The zero-order valence-electron chi connectivity index (χ0n) is 9.34. The number of sulfonamides is 1. The molecule has 0 unspecified atom stereocenters. The van der Waals surface area contributed by atoms with E-state index in [-0.39, 0.29) is 11.6 Å². The molecule has 0 saturated heterocycles. The van der Waals surface area contributed by atoms with E-state index in [0.29, 0.717) is 0 Å². The smallest absolute Gasteiger partial charge is 0.257 e. The SMILES string of the molecule is Cc1ccccc1CNS(=O)(=O)c1ccn[nH]1. The molecule has 0 aliphatic heterocycles. The maximum absolute atomic E-state index is 11.8. The van der Waals surface area contributed by atoms with Gasteiger partial charge in [0.15, 0.2) is 5.03 Å². The molecule has 90 valence electrons. The van der Waals surface area contributed by atoms with Crippen LogP contribution in [0.4, 0.5) is 0 Å². The molecule has 0 saturated carbocycles. The van der Waals surface area contributed by atoms with E-state index in [4.69, 9.17) is 0 Å². The molecule has 5 nitrogen and oxygen atoms in total. The summed E-state index contributed by atoms with van der Waals surface area (Å²) in [5, 5.41) is 6.12. The number of benzene rings is 1. The van der Waals surface area contributed by atoms with Gasteiger partial charge in [0.2, 0.25) is 0 Å². The van der Waals surface area contributed by atoms with Crippen LogP contribution in [-0.4, -0.2) is 18.6 Å². The van der Waals surface area contributed by atoms with Gasteiger partial charge in [-0.15, -0.1) is 0 Å². The standard InChI is InChI=1S/C11H13N3O2S/c1-9-4-2-3-5-10(9)8-13-17(15,16)11-6-7-12-14-11/h2-7,13H,8H2,1H3,(H,12,14). The van der Waals surface area contributed by atoms with Crippen LogP contribution < -0.4 is 4.72 Å². The third-order valence-corrected chi connectivity index (χ3v) is 3.81. The fraction of sp³-hybridized carbons (Fsp3) is 0.182. The number of aromatic nitrogens is 2. The fourth-order valence-electron chi connectivity index (χ4n) is 1.45. The van der Waals surface area contributed by atoms with Gasteiger partial charge in [-0.3, -0.25) is 5.10 Å². The molecule has 17 heavy (non-hydrogen) atoms. The molecule has 0 atom stereocenters. The molecule has 2 rings (SSSR count). The maximum atomic E-state index is 11.8. The molecule has 2 aromatic rings. The van der Waals surface area contributed by atoms with Crippen molar-refractivity contribution in [3.8, 4) is 0 Å². The lowest BCUT2D eigenvalue weighted by Gasteiger charge is -2.07. The van der Waals surface area contributed by atoms with Crippen LogP contribution in [0.3, 0.4) is 0 Å². The van der Waals surface area contributed by atoms with Crippen molar-refractivity contribution < 1.29 is 8.42 Å².